The minimum atomic E-state index is -1.04. The first-order valence-electron chi connectivity index (χ1n) is 5.32. The van der Waals surface area contributed by atoms with Crippen LogP contribution in [0.4, 0.5) is 0 Å². The van der Waals surface area contributed by atoms with Crippen LogP contribution in [0.5, 0.6) is 0 Å². The molecule has 0 bridgehead atoms. The molecule has 1 amide bonds. The van der Waals surface area contributed by atoms with Crippen molar-refractivity contribution in [1.29, 1.82) is 0 Å². The molecule has 0 unspecified atom stereocenters. The molecule has 1 heterocycles. The topological polar surface area (TPSA) is 83.6 Å². The number of carboxylic acid groups (broad SMARTS) is 1. The molecule has 0 saturated carbocycles. The summed E-state index contributed by atoms with van der Waals surface area (Å²) < 4.78 is 0. The zero-order valence-electron chi connectivity index (χ0n) is 10.0. The van der Waals surface area contributed by atoms with Gasteiger partial charge in [-0.25, -0.2) is 0 Å². The van der Waals surface area contributed by atoms with Crippen LogP contribution in [0.15, 0.2) is 16.8 Å². The summed E-state index contributed by atoms with van der Waals surface area (Å²) in [6.07, 6.45) is 0. The number of aliphatic carboxylic acids is 1. The van der Waals surface area contributed by atoms with Crippen LogP contribution < -0.4 is 5.73 Å². The second kappa shape index (κ2) is 7.40. The number of nitrogens with zero attached hydrogens (tertiary/aromatic N) is 1. The minimum absolute atomic E-state index is 0.0243. The van der Waals surface area contributed by atoms with Gasteiger partial charge in [0, 0.05) is 19.3 Å². The van der Waals surface area contributed by atoms with Gasteiger partial charge in [-0.1, -0.05) is 0 Å². The molecule has 1 aromatic heterocycles. The molecule has 0 fully saturated rings. The van der Waals surface area contributed by atoms with Crippen molar-refractivity contribution in [2.45, 2.75) is 12.6 Å². The number of carboxylic acids is 1. The molecule has 0 aliphatic carbocycles. The van der Waals surface area contributed by atoms with Gasteiger partial charge >= 0.3 is 5.97 Å². The van der Waals surface area contributed by atoms with Crippen LogP contribution in [0.3, 0.4) is 0 Å². The highest BCUT2D eigenvalue weighted by Crippen LogP contribution is 2.10. The average molecular weight is 288 g/mol. The predicted octanol–water partition coefficient (Wildman–Crippen LogP) is 0.852. The van der Waals surface area contributed by atoms with E-state index in [1.807, 2.05) is 16.8 Å². The van der Waals surface area contributed by atoms with Crippen molar-refractivity contribution in [3.8, 4) is 0 Å². The van der Waals surface area contributed by atoms with Gasteiger partial charge in [-0.3, -0.25) is 9.59 Å². The maximum atomic E-state index is 11.7. The van der Waals surface area contributed by atoms with E-state index in [-0.39, 0.29) is 17.4 Å². The van der Waals surface area contributed by atoms with Gasteiger partial charge in [0.1, 0.15) is 6.04 Å². The zero-order chi connectivity index (χ0) is 13.5. The highest BCUT2D eigenvalue weighted by Gasteiger charge is 2.14. The summed E-state index contributed by atoms with van der Waals surface area (Å²) in [4.78, 5) is 23.9. The Bertz CT molecular complexity index is 395. The monoisotopic (exact) mass is 288 g/mol. The first-order valence-corrected chi connectivity index (χ1v) is 7.41. The fourth-order valence-corrected chi connectivity index (χ4v) is 2.77. The Labute approximate surface area is 114 Å². The van der Waals surface area contributed by atoms with Gasteiger partial charge in [-0.15, -0.1) is 11.8 Å². The Balaban J connectivity index is 2.26. The second-order valence-electron chi connectivity index (χ2n) is 3.84. The van der Waals surface area contributed by atoms with Gasteiger partial charge in [-0.05, 0) is 22.4 Å². The van der Waals surface area contributed by atoms with Crippen LogP contribution in [-0.2, 0) is 16.1 Å². The molecule has 0 radical (unpaired) electrons. The third-order valence-electron chi connectivity index (χ3n) is 2.27. The predicted molar refractivity (Wildman–Crippen MR) is 73.7 cm³/mol. The molecule has 0 aromatic carbocycles. The number of carbonyl (C=O) groups excluding carboxylic acids is 1. The van der Waals surface area contributed by atoms with E-state index in [0.717, 1.165) is 5.56 Å². The standard InChI is InChI=1S/C11H16N2O3S2/c1-13(4-8-2-3-17-5-8)10(14)7-18-6-9(12)11(15)16/h2-3,5,9H,4,6-7,12H2,1H3,(H,15,16)/t9-/m1/s1. The normalized spacial score (nSPS) is 12.1. The van der Waals surface area contributed by atoms with E-state index in [1.54, 1.807) is 23.3 Å². The Morgan fingerprint density at radius 1 is 1.61 bits per heavy atom. The quantitative estimate of drug-likeness (QED) is 0.777. The molecular formula is C11H16N2O3S2. The zero-order valence-corrected chi connectivity index (χ0v) is 11.7. The van der Waals surface area contributed by atoms with Crippen molar-refractivity contribution in [3.63, 3.8) is 0 Å². The summed E-state index contributed by atoms with van der Waals surface area (Å²) in [5.41, 5.74) is 6.44. The van der Waals surface area contributed by atoms with Crippen molar-refractivity contribution in [1.82, 2.24) is 4.90 Å². The number of thiophene rings is 1. The second-order valence-corrected chi connectivity index (χ2v) is 5.65. The number of hydrogen-bond donors (Lipinski definition) is 2. The molecule has 0 saturated heterocycles. The third-order valence-corrected chi connectivity index (χ3v) is 4.04. The molecule has 0 aliphatic heterocycles. The minimum Gasteiger partial charge on any atom is -0.480 e. The number of rotatable bonds is 7. The largest absolute Gasteiger partial charge is 0.480 e. The van der Waals surface area contributed by atoms with Crippen LogP contribution in [0.1, 0.15) is 5.56 Å². The highest BCUT2D eigenvalue weighted by molar-refractivity contribution is 8.00. The molecular weight excluding hydrogens is 272 g/mol. The van der Waals surface area contributed by atoms with Gasteiger partial charge in [0.25, 0.3) is 0 Å². The molecule has 18 heavy (non-hydrogen) atoms. The van der Waals surface area contributed by atoms with Crippen molar-refractivity contribution >= 4 is 35.0 Å². The molecule has 3 N–H and O–H groups in total. The van der Waals surface area contributed by atoms with E-state index in [9.17, 15) is 9.59 Å². The number of carbonyl (C=O) groups is 2. The summed E-state index contributed by atoms with van der Waals surface area (Å²) in [5.74, 6) is -0.569. The van der Waals surface area contributed by atoms with Crippen LogP contribution in [0.2, 0.25) is 0 Å². The lowest BCUT2D eigenvalue weighted by Crippen LogP contribution is -2.34. The summed E-state index contributed by atoms with van der Waals surface area (Å²) in [5, 5.41) is 12.6. The van der Waals surface area contributed by atoms with Crippen molar-refractivity contribution in [2.24, 2.45) is 5.73 Å². The third kappa shape index (κ3) is 5.07. The van der Waals surface area contributed by atoms with Gasteiger partial charge in [0.15, 0.2) is 0 Å². The lowest BCUT2D eigenvalue weighted by Gasteiger charge is -2.16. The van der Waals surface area contributed by atoms with E-state index in [0.29, 0.717) is 6.54 Å². The first kappa shape index (κ1) is 15.0. The van der Waals surface area contributed by atoms with Crippen LogP contribution in [0.25, 0.3) is 0 Å². The van der Waals surface area contributed by atoms with Gasteiger partial charge in [-0.2, -0.15) is 11.3 Å². The number of thioether (sulfide) groups is 1. The van der Waals surface area contributed by atoms with E-state index >= 15 is 0 Å². The van der Waals surface area contributed by atoms with Crippen LogP contribution in [-0.4, -0.2) is 46.5 Å². The molecule has 1 rings (SSSR count). The SMILES string of the molecule is CN(Cc1ccsc1)C(=O)CSC[C@@H](N)C(=O)O. The van der Waals surface area contributed by atoms with E-state index < -0.39 is 12.0 Å². The number of nitrogens with two attached hydrogens (primary N) is 1. The maximum Gasteiger partial charge on any atom is 0.321 e. The lowest BCUT2D eigenvalue weighted by molar-refractivity contribution is -0.138. The summed E-state index contributed by atoms with van der Waals surface area (Å²) in [6.45, 7) is 0.577. The molecule has 7 heteroatoms. The molecule has 0 aliphatic rings. The van der Waals surface area contributed by atoms with E-state index in [4.69, 9.17) is 10.8 Å². The average Bonchev–Trinajstić information content (AvgIpc) is 2.81. The Kier molecular flexibility index (Phi) is 6.17. The van der Waals surface area contributed by atoms with E-state index in [1.165, 1.54) is 11.8 Å². The van der Waals surface area contributed by atoms with E-state index in [2.05, 4.69) is 0 Å². The number of hydrogen-bond acceptors (Lipinski definition) is 5. The highest BCUT2D eigenvalue weighted by atomic mass is 32.2. The number of amides is 1. The summed E-state index contributed by atoms with van der Waals surface area (Å²) in [6, 6.07) is 1.06. The van der Waals surface area contributed by atoms with Crippen molar-refractivity contribution < 1.29 is 14.7 Å². The molecule has 0 spiro atoms. The summed E-state index contributed by atoms with van der Waals surface area (Å²) in [7, 11) is 1.73. The fraction of sp³-hybridized carbons (Fsp3) is 0.455. The van der Waals surface area contributed by atoms with Gasteiger partial charge in [0.2, 0.25) is 5.91 Å². The Morgan fingerprint density at radius 2 is 2.33 bits per heavy atom. The van der Waals surface area contributed by atoms with Crippen LogP contribution >= 0.6 is 23.1 Å². The van der Waals surface area contributed by atoms with Crippen LogP contribution in [0, 0.1) is 0 Å². The maximum absolute atomic E-state index is 11.7. The lowest BCUT2D eigenvalue weighted by atomic mass is 10.3. The van der Waals surface area contributed by atoms with Crippen molar-refractivity contribution in [2.75, 3.05) is 18.6 Å². The Hall–Kier alpha value is -1.05. The molecule has 5 nitrogen and oxygen atoms in total. The smallest absolute Gasteiger partial charge is 0.321 e. The van der Waals surface area contributed by atoms with Gasteiger partial charge < -0.3 is 15.7 Å². The fourth-order valence-electron chi connectivity index (χ4n) is 1.20. The first-order chi connectivity index (χ1) is 8.50. The molecule has 100 valence electrons. The molecule has 1 aromatic rings. The summed E-state index contributed by atoms with van der Waals surface area (Å²) >= 11 is 2.84. The Morgan fingerprint density at radius 3 is 2.89 bits per heavy atom. The van der Waals surface area contributed by atoms with Gasteiger partial charge in [0.05, 0.1) is 5.75 Å². The molecule has 1 atom stereocenters. The van der Waals surface area contributed by atoms with Crippen molar-refractivity contribution in [3.05, 3.63) is 22.4 Å².